The molecule has 3 unspecified atom stereocenters. The van der Waals surface area contributed by atoms with Crippen LogP contribution in [-0.4, -0.2) is 47.4 Å². The zero-order valence-corrected chi connectivity index (χ0v) is 22.8. The van der Waals surface area contributed by atoms with Gasteiger partial charge in [0.1, 0.15) is 17.9 Å². The maximum Gasteiger partial charge on any atom is 0.131 e. The number of aliphatic hydroxyl groups is 1. The molecule has 3 fully saturated rings. The molecule has 4 heteroatoms. The molecule has 2 aromatic rings. The highest BCUT2D eigenvalue weighted by molar-refractivity contribution is 5.83. The molecular weight excluding hydrogens is 444 g/mol. The SMILES string of the molecule is C=CC1C[N+]2(CCCCCCCCCCCC)CCC1C[C@H]2[C@@H](O)c1ccnc2ccc(OC)cc12. The molecule has 198 valence electrons. The highest BCUT2D eigenvalue weighted by Gasteiger charge is 2.53. The molecule has 0 amide bonds. The van der Waals surface area contributed by atoms with E-state index in [9.17, 15) is 5.11 Å². The summed E-state index contributed by atoms with van der Waals surface area (Å²) < 4.78 is 6.55. The van der Waals surface area contributed by atoms with Gasteiger partial charge in [-0.2, -0.15) is 0 Å². The first kappa shape index (κ1) is 27.1. The van der Waals surface area contributed by atoms with Gasteiger partial charge in [0.2, 0.25) is 0 Å². The minimum atomic E-state index is -0.487. The standard InChI is InChI=1S/C32H49N2O2/c1-4-6-7-8-9-10-11-12-13-14-20-34-21-18-26(25(5-2)24-34)22-31(34)32(35)28-17-19-33-30-16-15-27(36-3)23-29(28)30/h5,15-17,19,23,25-26,31-32,35H,2,4,6-14,18,20-22,24H2,1,3H3/q+1/t25?,26?,31-,32-,34?/m0/s1. The molecule has 0 spiro atoms. The second-order valence-corrected chi connectivity index (χ2v) is 11.5. The molecule has 4 nitrogen and oxygen atoms in total. The normalized spacial score (nSPS) is 26.2. The van der Waals surface area contributed by atoms with Crippen LogP contribution in [-0.2, 0) is 0 Å². The van der Waals surface area contributed by atoms with E-state index >= 15 is 0 Å². The van der Waals surface area contributed by atoms with E-state index < -0.39 is 6.10 Å². The summed E-state index contributed by atoms with van der Waals surface area (Å²) in [6.07, 6.45) is 19.6. The molecule has 5 rings (SSSR count). The third-order valence-corrected chi connectivity index (χ3v) is 9.30. The lowest BCUT2D eigenvalue weighted by Gasteiger charge is -2.58. The number of ether oxygens (including phenoxy) is 1. The quantitative estimate of drug-likeness (QED) is 0.158. The van der Waals surface area contributed by atoms with E-state index in [1.165, 1.54) is 83.7 Å². The number of fused-ring (bicyclic) bond motifs is 4. The molecule has 1 aromatic heterocycles. The Balaban J connectivity index is 1.42. The van der Waals surface area contributed by atoms with Crippen molar-refractivity contribution < 1.29 is 14.3 Å². The van der Waals surface area contributed by atoms with Gasteiger partial charge in [-0.25, -0.2) is 0 Å². The van der Waals surface area contributed by atoms with Gasteiger partial charge >= 0.3 is 0 Å². The van der Waals surface area contributed by atoms with E-state index in [2.05, 4.69) is 24.6 Å². The van der Waals surface area contributed by atoms with Crippen molar-refractivity contribution in [3.8, 4) is 5.75 Å². The lowest BCUT2D eigenvalue weighted by Crippen LogP contribution is -2.68. The number of aromatic nitrogens is 1. The van der Waals surface area contributed by atoms with Crippen LogP contribution >= 0.6 is 0 Å². The van der Waals surface area contributed by atoms with Crippen LogP contribution in [0.3, 0.4) is 0 Å². The monoisotopic (exact) mass is 493 g/mol. The highest BCUT2D eigenvalue weighted by Crippen LogP contribution is 2.47. The minimum absolute atomic E-state index is 0.246. The summed E-state index contributed by atoms with van der Waals surface area (Å²) in [4.78, 5) is 4.56. The van der Waals surface area contributed by atoms with Crippen molar-refractivity contribution >= 4 is 10.9 Å². The fourth-order valence-electron chi connectivity index (χ4n) is 7.14. The van der Waals surface area contributed by atoms with Crippen LogP contribution in [0.1, 0.15) is 95.6 Å². The van der Waals surface area contributed by atoms with Gasteiger partial charge in [-0.3, -0.25) is 4.98 Å². The van der Waals surface area contributed by atoms with E-state index in [1.807, 2.05) is 30.5 Å². The summed E-state index contributed by atoms with van der Waals surface area (Å²) in [6, 6.07) is 8.26. The molecule has 0 radical (unpaired) electrons. The zero-order chi connectivity index (χ0) is 25.4. The number of quaternary nitrogens is 1. The van der Waals surface area contributed by atoms with Crippen molar-refractivity contribution in [2.24, 2.45) is 11.8 Å². The summed E-state index contributed by atoms with van der Waals surface area (Å²) >= 11 is 0. The van der Waals surface area contributed by atoms with Gasteiger partial charge < -0.3 is 14.3 Å². The molecule has 0 saturated carbocycles. The molecule has 0 aliphatic carbocycles. The molecule has 3 aliphatic heterocycles. The van der Waals surface area contributed by atoms with Crippen molar-refractivity contribution in [3.63, 3.8) is 0 Å². The van der Waals surface area contributed by atoms with Gasteiger partial charge in [0, 0.05) is 30.3 Å². The first-order valence-corrected chi connectivity index (χ1v) is 14.7. The Morgan fingerprint density at radius 1 is 1.08 bits per heavy atom. The highest BCUT2D eigenvalue weighted by atomic mass is 16.5. The van der Waals surface area contributed by atoms with Crippen LogP contribution in [0.25, 0.3) is 10.9 Å². The number of hydrogen-bond acceptors (Lipinski definition) is 3. The average molecular weight is 494 g/mol. The predicted molar refractivity (Wildman–Crippen MR) is 150 cm³/mol. The van der Waals surface area contributed by atoms with Gasteiger partial charge in [-0.1, -0.05) is 64.4 Å². The van der Waals surface area contributed by atoms with Crippen LogP contribution in [0.5, 0.6) is 5.75 Å². The van der Waals surface area contributed by atoms with Gasteiger partial charge in [0.05, 0.1) is 32.3 Å². The van der Waals surface area contributed by atoms with Crippen LogP contribution in [0.15, 0.2) is 43.1 Å². The fourth-order valence-corrected chi connectivity index (χ4v) is 7.14. The average Bonchev–Trinajstić information content (AvgIpc) is 2.93. The maximum absolute atomic E-state index is 11.9. The summed E-state index contributed by atoms with van der Waals surface area (Å²) in [5.41, 5.74) is 1.93. The maximum atomic E-state index is 11.9. The lowest BCUT2D eigenvalue weighted by atomic mass is 9.71. The van der Waals surface area contributed by atoms with Gasteiger partial charge in [-0.05, 0) is 48.6 Å². The van der Waals surface area contributed by atoms with Crippen LogP contribution in [0, 0.1) is 11.8 Å². The molecule has 5 atom stereocenters. The molecule has 3 saturated heterocycles. The van der Waals surface area contributed by atoms with E-state index in [1.54, 1.807) is 7.11 Å². The van der Waals surface area contributed by atoms with Crippen molar-refractivity contribution in [2.75, 3.05) is 26.7 Å². The second-order valence-electron chi connectivity index (χ2n) is 11.5. The number of pyridine rings is 1. The Labute approximate surface area is 219 Å². The molecular formula is C32H49N2O2+. The number of rotatable bonds is 15. The Morgan fingerprint density at radius 2 is 1.81 bits per heavy atom. The number of unbranched alkanes of at least 4 members (excludes halogenated alkanes) is 9. The Bertz CT molecular complexity index is 976. The smallest absolute Gasteiger partial charge is 0.131 e. The molecule has 3 aliphatic rings. The summed E-state index contributed by atoms with van der Waals surface area (Å²) in [6.45, 7) is 9.99. The topological polar surface area (TPSA) is 42.4 Å². The Morgan fingerprint density at radius 3 is 2.50 bits per heavy atom. The molecule has 1 N–H and O–H groups in total. The largest absolute Gasteiger partial charge is 0.497 e. The number of benzene rings is 1. The lowest BCUT2D eigenvalue weighted by molar-refractivity contribution is -0.973. The van der Waals surface area contributed by atoms with Gasteiger partial charge in [0.15, 0.2) is 0 Å². The molecule has 36 heavy (non-hydrogen) atoms. The van der Waals surface area contributed by atoms with Crippen LogP contribution in [0.4, 0.5) is 0 Å². The summed E-state index contributed by atoms with van der Waals surface area (Å²) in [5, 5.41) is 12.9. The van der Waals surface area contributed by atoms with Gasteiger partial charge in [-0.15, -0.1) is 6.58 Å². The van der Waals surface area contributed by atoms with Crippen molar-refractivity contribution in [2.45, 2.75) is 96.1 Å². The van der Waals surface area contributed by atoms with E-state index in [0.29, 0.717) is 11.8 Å². The first-order chi connectivity index (χ1) is 17.6. The Hall–Kier alpha value is -1.91. The molecule has 4 heterocycles. The fraction of sp³-hybridized carbons (Fsp3) is 0.656. The third-order valence-electron chi connectivity index (χ3n) is 9.30. The minimum Gasteiger partial charge on any atom is -0.497 e. The van der Waals surface area contributed by atoms with Crippen molar-refractivity contribution in [1.82, 2.24) is 4.98 Å². The first-order valence-electron chi connectivity index (χ1n) is 14.7. The molecule has 1 aromatic carbocycles. The van der Waals surface area contributed by atoms with Crippen molar-refractivity contribution in [1.29, 1.82) is 0 Å². The summed E-state index contributed by atoms with van der Waals surface area (Å²) in [5.74, 6) is 2.05. The number of piperidine rings is 3. The number of methoxy groups -OCH3 is 1. The Kier molecular flexibility index (Phi) is 9.84. The van der Waals surface area contributed by atoms with E-state index in [-0.39, 0.29) is 6.04 Å². The predicted octanol–water partition coefficient (Wildman–Crippen LogP) is 7.61. The van der Waals surface area contributed by atoms with Gasteiger partial charge in [0.25, 0.3) is 0 Å². The molecule has 2 bridgehead atoms. The van der Waals surface area contributed by atoms with E-state index in [0.717, 1.165) is 39.7 Å². The second kappa shape index (κ2) is 13.1. The zero-order valence-electron chi connectivity index (χ0n) is 22.8. The van der Waals surface area contributed by atoms with E-state index in [4.69, 9.17) is 4.74 Å². The third kappa shape index (κ3) is 6.14. The number of aliphatic hydroxyl groups excluding tert-OH is 1. The van der Waals surface area contributed by atoms with Crippen LogP contribution < -0.4 is 4.74 Å². The van der Waals surface area contributed by atoms with Crippen molar-refractivity contribution in [3.05, 3.63) is 48.7 Å². The van der Waals surface area contributed by atoms with Crippen LogP contribution in [0.2, 0.25) is 0 Å². The number of nitrogens with zero attached hydrogens (tertiary/aromatic N) is 2. The summed E-state index contributed by atoms with van der Waals surface area (Å²) in [7, 11) is 1.70. The number of hydrogen-bond donors (Lipinski definition) is 1.